The number of alkyl halides is 3. The Kier molecular flexibility index (Phi) is 6.04. The van der Waals surface area contributed by atoms with E-state index in [2.05, 4.69) is 11.9 Å². The Bertz CT molecular complexity index is 521. The molecule has 0 atom stereocenters. The number of carbonyl (C=O) groups excluding carboxylic acids is 1. The first-order valence-corrected chi connectivity index (χ1v) is 6.31. The molecule has 1 aromatic rings. The molecule has 0 aliphatic rings. The third-order valence-corrected chi connectivity index (χ3v) is 2.86. The van der Waals surface area contributed by atoms with E-state index in [-0.39, 0.29) is 30.4 Å². The number of halogens is 4. The van der Waals surface area contributed by atoms with E-state index in [1.807, 2.05) is 0 Å². The van der Waals surface area contributed by atoms with Crippen molar-refractivity contribution in [3.05, 3.63) is 41.4 Å². The average Bonchev–Trinajstić information content (AvgIpc) is 2.39. The summed E-state index contributed by atoms with van der Waals surface area (Å²) in [6, 6.07) is 2.05. The molecule has 2 amide bonds. The molecule has 0 fully saturated rings. The highest BCUT2D eigenvalue weighted by Gasteiger charge is 2.31. The summed E-state index contributed by atoms with van der Waals surface area (Å²) >= 11 is 5.74. The van der Waals surface area contributed by atoms with Gasteiger partial charge in [-0.2, -0.15) is 13.2 Å². The Morgan fingerprint density at radius 1 is 1.48 bits per heavy atom. The number of nitrogens with one attached hydrogen (secondary N) is 1. The summed E-state index contributed by atoms with van der Waals surface area (Å²) in [5, 5.41) is 11.0. The van der Waals surface area contributed by atoms with E-state index in [0.717, 1.165) is 18.2 Å². The van der Waals surface area contributed by atoms with Crippen LogP contribution in [0.4, 0.5) is 23.7 Å². The van der Waals surface area contributed by atoms with Crippen LogP contribution in [-0.4, -0.2) is 35.7 Å². The Morgan fingerprint density at radius 2 is 2.14 bits per heavy atom. The van der Waals surface area contributed by atoms with Gasteiger partial charge in [0.25, 0.3) is 0 Å². The molecule has 116 valence electrons. The van der Waals surface area contributed by atoms with Crippen molar-refractivity contribution in [2.45, 2.75) is 6.18 Å². The lowest BCUT2D eigenvalue weighted by molar-refractivity contribution is -0.137. The van der Waals surface area contributed by atoms with E-state index >= 15 is 0 Å². The van der Waals surface area contributed by atoms with Crippen LogP contribution in [0.25, 0.3) is 0 Å². The number of hydrogen-bond donors (Lipinski definition) is 2. The molecule has 0 aliphatic heterocycles. The predicted molar refractivity (Wildman–Crippen MR) is 74.3 cm³/mol. The van der Waals surface area contributed by atoms with Crippen LogP contribution >= 0.6 is 11.6 Å². The minimum atomic E-state index is -4.50. The van der Waals surface area contributed by atoms with Crippen LogP contribution in [0.15, 0.2) is 30.9 Å². The van der Waals surface area contributed by atoms with Crippen molar-refractivity contribution in [2.75, 3.05) is 25.0 Å². The Balaban J connectivity index is 2.87. The van der Waals surface area contributed by atoms with Gasteiger partial charge in [-0.3, -0.25) is 0 Å². The summed E-state index contributed by atoms with van der Waals surface area (Å²) in [7, 11) is 0. The van der Waals surface area contributed by atoms with E-state index in [4.69, 9.17) is 16.7 Å². The minimum Gasteiger partial charge on any atom is -0.395 e. The standard InChI is InChI=1S/C13H14ClF3N2O2/c1-2-5-19(6-7-20)12(21)18-11-4-3-9(8-10(11)14)13(15,16)17/h2-4,8,20H,1,5-7H2,(H,18,21). The van der Waals surface area contributed by atoms with Gasteiger partial charge < -0.3 is 15.3 Å². The van der Waals surface area contributed by atoms with E-state index in [1.165, 1.54) is 11.0 Å². The van der Waals surface area contributed by atoms with Crippen molar-refractivity contribution in [1.29, 1.82) is 0 Å². The lowest BCUT2D eigenvalue weighted by Crippen LogP contribution is -2.37. The van der Waals surface area contributed by atoms with Crippen LogP contribution in [0.2, 0.25) is 5.02 Å². The minimum absolute atomic E-state index is 0.0571. The molecule has 0 aromatic heterocycles. The van der Waals surface area contributed by atoms with Gasteiger partial charge in [-0.05, 0) is 18.2 Å². The zero-order valence-electron chi connectivity index (χ0n) is 11.0. The van der Waals surface area contributed by atoms with Crippen LogP contribution in [-0.2, 0) is 6.18 Å². The van der Waals surface area contributed by atoms with Crippen molar-refractivity contribution in [3.63, 3.8) is 0 Å². The van der Waals surface area contributed by atoms with Gasteiger partial charge in [0.05, 0.1) is 22.9 Å². The Labute approximate surface area is 124 Å². The summed E-state index contributed by atoms with van der Waals surface area (Å²) in [5.74, 6) is 0. The van der Waals surface area contributed by atoms with Gasteiger partial charge in [-0.1, -0.05) is 17.7 Å². The predicted octanol–water partition coefficient (Wildman–Crippen LogP) is 3.37. The van der Waals surface area contributed by atoms with Crippen molar-refractivity contribution in [1.82, 2.24) is 4.90 Å². The first-order valence-electron chi connectivity index (χ1n) is 5.94. The molecule has 0 radical (unpaired) electrons. The molecule has 21 heavy (non-hydrogen) atoms. The van der Waals surface area contributed by atoms with E-state index in [0.29, 0.717) is 0 Å². The molecule has 1 rings (SSSR count). The second-order valence-corrected chi connectivity index (χ2v) is 4.49. The molecule has 0 saturated carbocycles. The molecule has 0 saturated heterocycles. The van der Waals surface area contributed by atoms with Crippen molar-refractivity contribution < 1.29 is 23.1 Å². The molecular weight excluding hydrogens is 309 g/mol. The average molecular weight is 323 g/mol. The number of hydrogen-bond acceptors (Lipinski definition) is 2. The highest BCUT2D eigenvalue weighted by Crippen LogP contribution is 2.33. The molecule has 8 heteroatoms. The van der Waals surface area contributed by atoms with Crippen molar-refractivity contribution in [2.24, 2.45) is 0 Å². The second kappa shape index (κ2) is 7.33. The van der Waals surface area contributed by atoms with Crippen molar-refractivity contribution >= 4 is 23.3 Å². The van der Waals surface area contributed by atoms with Crippen LogP contribution in [0.1, 0.15) is 5.56 Å². The third kappa shape index (κ3) is 4.95. The zero-order chi connectivity index (χ0) is 16.0. The molecule has 0 spiro atoms. The maximum atomic E-state index is 12.5. The number of anilines is 1. The van der Waals surface area contributed by atoms with E-state index < -0.39 is 17.8 Å². The number of rotatable bonds is 5. The lowest BCUT2D eigenvalue weighted by Gasteiger charge is -2.21. The van der Waals surface area contributed by atoms with Gasteiger partial charge >= 0.3 is 12.2 Å². The van der Waals surface area contributed by atoms with Gasteiger partial charge in [0, 0.05) is 13.1 Å². The van der Waals surface area contributed by atoms with Crippen LogP contribution < -0.4 is 5.32 Å². The Morgan fingerprint density at radius 3 is 2.62 bits per heavy atom. The number of amides is 2. The normalized spacial score (nSPS) is 11.1. The van der Waals surface area contributed by atoms with Gasteiger partial charge in [0.1, 0.15) is 0 Å². The molecule has 0 aliphatic carbocycles. The number of aliphatic hydroxyl groups excluding tert-OH is 1. The summed E-state index contributed by atoms with van der Waals surface area (Å²) in [6.07, 6.45) is -3.04. The van der Waals surface area contributed by atoms with Gasteiger partial charge in [-0.15, -0.1) is 6.58 Å². The smallest absolute Gasteiger partial charge is 0.395 e. The number of nitrogens with zero attached hydrogens (tertiary/aromatic N) is 1. The maximum Gasteiger partial charge on any atom is 0.416 e. The first kappa shape index (κ1) is 17.3. The Hall–Kier alpha value is -1.73. The number of urea groups is 1. The fourth-order valence-electron chi connectivity index (χ4n) is 1.54. The number of aliphatic hydroxyl groups is 1. The summed E-state index contributed by atoms with van der Waals surface area (Å²) in [4.78, 5) is 13.1. The maximum absolute atomic E-state index is 12.5. The first-order chi connectivity index (χ1) is 9.79. The van der Waals surface area contributed by atoms with Crippen LogP contribution in [0.5, 0.6) is 0 Å². The van der Waals surface area contributed by atoms with Gasteiger partial charge in [0.15, 0.2) is 0 Å². The topological polar surface area (TPSA) is 52.6 Å². The fraction of sp³-hybridized carbons (Fsp3) is 0.308. The quantitative estimate of drug-likeness (QED) is 0.817. The molecule has 1 aromatic carbocycles. The van der Waals surface area contributed by atoms with E-state index in [1.54, 1.807) is 0 Å². The molecular formula is C13H14ClF3N2O2. The SMILES string of the molecule is C=CCN(CCO)C(=O)Nc1ccc(C(F)(F)F)cc1Cl. The summed E-state index contributed by atoms with van der Waals surface area (Å²) < 4.78 is 37.5. The third-order valence-electron chi connectivity index (χ3n) is 2.54. The number of benzene rings is 1. The largest absolute Gasteiger partial charge is 0.416 e. The van der Waals surface area contributed by atoms with Crippen LogP contribution in [0.3, 0.4) is 0 Å². The van der Waals surface area contributed by atoms with Crippen molar-refractivity contribution in [3.8, 4) is 0 Å². The van der Waals surface area contributed by atoms with Crippen LogP contribution in [0, 0.1) is 0 Å². The molecule has 0 heterocycles. The van der Waals surface area contributed by atoms with Gasteiger partial charge in [-0.25, -0.2) is 4.79 Å². The molecule has 2 N–H and O–H groups in total. The number of carbonyl (C=O) groups is 1. The molecule has 4 nitrogen and oxygen atoms in total. The monoisotopic (exact) mass is 322 g/mol. The van der Waals surface area contributed by atoms with Gasteiger partial charge in [0.2, 0.25) is 0 Å². The molecule has 0 bridgehead atoms. The summed E-state index contributed by atoms with van der Waals surface area (Å²) in [6.45, 7) is 3.48. The molecule has 0 unspecified atom stereocenters. The highest BCUT2D eigenvalue weighted by atomic mass is 35.5. The van der Waals surface area contributed by atoms with E-state index in [9.17, 15) is 18.0 Å². The fourth-order valence-corrected chi connectivity index (χ4v) is 1.77. The zero-order valence-corrected chi connectivity index (χ0v) is 11.7. The summed E-state index contributed by atoms with van der Waals surface area (Å²) in [5.41, 5.74) is -0.842. The highest BCUT2D eigenvalue weighted by molar-refractivity contribution is 6.33. The lowest BCUT2D eigenvalue weighted by atomic mass is 10.2. The second-order valence-electron chi connectivity index (χ2n) is 4.08.